The predicted octanol–water partition coefficient (Wildman–Crippen LogP) is 2.57. The van der Waals surface area contributed by atoms with Gasteiger partial charge in [0.05, 0.1) is 23.7 Å². The molecule has 1 fully saturated rings. The van der Waals surface area contributed by atoms with Gasteiger partial charge in [-0.3, -0.25) is 4.98 Å². The van der Waals surface area contributed by atoms with E-state index in [2.05, 4.69) is 21.4 Å². The Balaban J connectivity index is 1.91. The molecule has 0 amide bonds. The second-order valence-corrected chi connectivity index (χ2v) is 4.96. The number of nitrogens with zero attached hydrogens (tertiary/aromatic N) is 3. The lowest BCUT2D eigenvalue weighted by Gasteiger charge is -2.40. The van der Waals surface area contributed by atoms with Gasteiger partial charge in [0.15, 0.2) is 0 Å². The van der Waals surface area contributed by atoms with E-state index in [9.17, 15) is 4.79 Å². The summed E-state index contributed by atoms with van der Waals surface area (Å²) in [5.74, 6) is 0.542. The second kappa shape index (κ2) is 5.52. The van der Waals surface area contributed by atoms with Crippen LogP contribution < -0.4 is 4.90 Å². The highest BCUT2D eigenvalue weighted by atomic mass is 16.5. The van der Waals surface area contributed by atoms with E-state index in [-0.39, 0.29) is 5.97 Å². The smallest absolute Gasteiger partial charge is 0.339 e. The molecule has 0 saturated carbocycles. The number of carbonyl (C=O) groups is 1. The molecule has 108 valence electrons. The number of esters is 1. The molecule has 2 aromatic heterocycles. The van der Waals surface area contributed by atoms with E-state index in [0.29, 0.717) is 18.2 Å². The van der Waals surface area contributed by atoms with Gasteiger partial charge < -0.3 is 9.64 Å². The monoisotopic (exact) mass is 283 g/mol. The van der Waals surface area contributed by atoms with Crippen LogP contribution >= 0.6 is 0 Å². The third-order valence-electron chi connectivity index (χ3n) is 3.69. The Morgan fingerprint density at radius 2 is 2.33 bits per heavy atom. The minimum atomic E-state index is -0.356. The average molecular weight is 283 g/mol. The zero-order valence-electron chi connectivity index (χ0n) is 12.0. The number of hydrogen-bond donors (Lipinski definition) is 0. The maximum atomic E-state index is 11.7. The Kier molecular flexibility index (Phi) is 3.56. The van der Waals surface area contributed by atoms with Crippen LogP contribution in [0.25, 0.3) is 10.9 Å². The molecule has 1 atom stereocenters. The molecule has 21 heavy (non-hydrogen) atoms. The normalized spacial score (nSPS) is 17.4. The number of hydrogen-bond acceptors (Lipinski definition) is 5. The van der Waals surface area contributed by atoms with Crippen LogP contribution in [0.1, 0.15) is 23.7 Å². The van der Waals surface area contributed by atoms with E-state index in [1.807, 2.05) is 12.1 Å². The molecule has 2 aromatic rings. The number of anilines is 1. The van der Waals surface area contributed by atoms with Crippen molar-refractivity contribution in [1.29, 1.82) is 0 Å². The number of fused-ring (bicyclic) bond motifs is 1. The Morgan fingerprint density at radius 3 is 3.00 bits per heavy atom. The van der Waals surface area contributed by atoms with Gasteiger partial charge in [-0.1, -0.05) is 6.08 Å². The topological polar surface area (TPSA) is 55.3 Å². The highest BCUT2D eigenvalue weighted by molar-refractivity contribution is 5.93. The second-order valence-electron chi connectivity index (χ2n) is 4.96. The molecular formula is C16H17N3O2. The largest absolute Gasteiger partial charge is 0.462 e. The number of pyridine rings is 2. The Bertz CT molecular complexity index is 699. The summed E-state index contributed by atoms with van der Waals surface area (Å²) in [5.41, 5.74) is 1.27. The number of aromatic nitrogens is 2. The molecule has 0 aromatic carbocycles. The van der Waals surface area contributed by atoms with Gasteiger partial charge in [0.1, 0.15) is 5.82 Å². The Hall–Kier alpha value is -2.43. The van der Waals surface area contributed by atoms with Crippen molar-refractivity contribution in [3.63, 3.8) is 0 Å². The molecule has 0 bridgehead atoms. The first-order chi connectivity index (χ1) is 10.2. The molecule has 3 heterocycles. The van der Waals surface area contributed by atoms with Gasteiger partial charge in [-0.2, -0.15) is 0 Å². The number of rotatable bonds is 4. The molecular weight excluding hydrogens is 266 g/mol. The highest BCUT2D eigenvalue weighted by Crippen LogP contribution is 2.27. The summed E-state index contributed by atoms with van der Waals surface area (Å²) in [7, 11) is 0. The minimum Gasteiger partial charge on any atom is -0.462 e. The molecule has 0 radical (unpaired) electrons. The van der Waals surface area contributed by atoms with Crippen LogP contribution in [0.5, 0.6) is 0 Å². The highest BCUT2D eigenvalue weighted by Gasteiger charge is 2.26. The number of carbonyl (C=O) groups excluding carboxylic acids is 1. The zero-order valence-corrected chi connectivity index (χ0v) is 12.0. The lowest BCUT2D eigenvalue weighted by atomic mass is 10.0. The minimum absolute atomic E-state index is 0.353. The van der Waals surface area contributed by atoms with E-state index >= 15 is 0 Å². The van der Waals surface area contributed by atoms with E-state index in [1.54, 1.807) is 25.4 Å². The molecule has 1 saturated heterocycles. The van der Waals surface area contributed by atoms with Gasteiger partial charge in [-0.25, -0.2) is 9.78 Å². The van der Waals surface area contributed by atoms with Crippen molar-refractivity contribution < 1.29 is 9.53 Å². The van der Waals surface area contributed by atoms with Crippen LogP contribution in [0.15, 0.2) is 37.2 Å². The van der Waals surface area contributed by atoms with E-state index in [4.69, 9.17) is 4.74 Å². The summed E-state index contributed by atoms with van der Waals surface area (Å²) in [4.78, 5) is 22.7. The third kappa shape index (κ3) is 2.46. The van der Waals surface area contributed by atoms with Crippen molar-refractivity contribution in [3.8, 4) is 0 Å². The summed E-state index contributed by atoms with van der Waals surface area (Å²) < 4.78 is 4.98. The van der Waals surface area contributed by atoms with Crippen LogP contribution in [0.2, 0.25) is 0 Å². The molecule has 1 aliphatic rings. The van der Waals surface area contributed by atoms with Crippen molar-refractivity contribution in [2.24, 2.45) is 0 Å². The molecule has 3 rings (SSSR count). The van der Waals surface area contributed by atoms with E-state index < -0.39 is 0 Å². The molecule has 0 unspecified atom stereocenters. The maximum absolute atomic E-state index is 11.7. The van der Waals surface area contributed by atoms with Crippen molar-refractivity contribution >= 4 is 22.7 Å². The van der Waals surface area contributed by atoms with Gasteiger partial charge in [0, 0.05) is 30.4 Å². The maximum Gasteiger partial charge on any atom is 0.339 e. The third-order valence-corrected chi connectivity index (χ3v) is 3.69. The van der Waals surface area contributed by atoms with Crippen molar-refractivity contribution in [3.05, 3.63) is 42.7 Å². The first-order valence-corrected chi connectivity index (χ1v) is 7.05. The summed E-state index contributed by atoms with van der Waals surface area (Å²) >= 11 is 0. The lowest BCUT2D eigenvalue weighted by Crippen LogP contribution is -2.46. The quantitative estimate of drug-likeness (QED) is 0.637. The molecule has 5 heteroatoms. The molecule has 0 aliphatic carbocycles. The predicted molar refractivity (Wildman–Crippen MR) is 81.4 cm³/mol. The summed E-state index contributed by atoms with van der Waals surface area (Å²) in [6.07, 6.45) is 6.34. The number of ether oxygens (including phenoxy) is 1. The van der Waals surface area contributed by atoms with Crippen LogP contribution in [-0.4, -0.2) is 35.1 Å². The standard InChI is InChI=1S/C16H17N3O2/c1-3-13-5-6-19(13)15-8-14-11(9-18-15)7-12(10-17-14)16(20)21-4-2/h3,7-10,13H,1,4-6H2,2H3/t13-/m0/s1. The molecule has 0 N–H and O–H groups in total. The Labute approximate surface area is 123 Å². The molecule has 0 spiro atoms. The van der Waals surface area contributed by atoms with Crippen LogP contribution in [0, 0.1) is 0 Å². The van der Waals surface area contributed by atoms with E-state index in [1.165, 1.54) is 0 Å². The van der Waals surface area contributed by atoms with Crippen LogP contribution in [0.4, 0.5) is 5.82 Å². The van der Waals surface area contributed by atoms with Gasteiger partial charge in [-0.15, -0.1) is 6.58 Å². The summed E-state index contributed by atoms with van der Waals surface area (Å²) in [6, 6.07) is 4.06. The lowest BCUT2D eigenvalue weighted by molar-refractivity contribution is 0.0526. The SMILES string of the molecule is C=C[C@H]1CCN1c1cc2ncc(C(=O)OCC)cc2cn1. The fourth-order valence-corrected chi connectivity index (χ4v) is 2.43. The van der Waals surface area contributed by atoms with E-state index in [0.717, 1.165) is 29.7 Å². The van der Waals surface area contributed by atoms with Crippen molar-refractivity contribution in [2.75, 3.05) is 18.1 Å². The fraction of sp³-hybridized carbons (Fsp3) is 0.312. The van der Waals surface area contributed by atoms with Crippen molar-refractivity contribution in [1.82, 2.24) is 9.97 Å². The van der Waals surface area contributed by atoms with Gasteiger partial charge in [0.25, 0.3) is 0 Å². The van der Waals surface area contributed by atoms with Gasteiger partial charge in [-0.05, 0) is 19.4 Å². The van der Waals surface area contributed by atoms with Crippen LogP contribution in [-0.2, 0) is 4.74 Å². The Morgan fingerprint density at radius 1 is 1.48 bits per heavy atom. The summed E-state index contributed by atoms with van der Waals surface area (Å²) in [5, 5.41) is 0.833. The van der Waals surface area contributed by atoms with Gasteiger partial charge >= 0.3 is 5.97 Å². The fourth-order valence-electron chi connectivity index (χ4n) is 2.43. The van der Waals surface area contributed by atoms with Crippen LogP contribution in [0.3, 0.4) is 0 Å². The van der Waals surface area contributed by atoms with Crippen molar-refractivity contribution in [2.45, 2.75) is 19.4 Å². The summed E-state index contributed by atoms with van der Waals surface area (Å²) in [6.45, 7) is 6.95. The van der Waals surface area contributed by atoms with Gasteiger partial charge in [0.2, 0.25) is 0 Å². The first kappa shape index (κ1) is 13.5. The molecule has 1 aliphatic heterocycles. The first-order valence-electron chi connectivity index (χ1n) is 7.05. The average Bonchev–Trinajstić information content (AvgIpc) is 2.46. The zero-order chi connectivity index (χ0) is 14.8. The molecule has 5 nitrogen and oxygen atoms in total.